The maximum absolute atomic E-state index is 14.2. The van der Waals surface area contributed by atoms with Crippen molar-refractivity contribution in [2.45, 2.75) is 13.3 Å². The zero-order chi connectivity index (χ0) is 21.5. The fraction of sp³-hybridized carbons (Fsp3) is 0.348. The third-order valence-electron chi connectivity index (χ3n) is 5.26. The molecule has 1 heterocycles. The number of Topliss-reactive ketones (excluding diaryl/α,β-unsaturated/α-hetero) is 1. The molecule has 1 aliphatic rings. The van der Waals surface area contributed by atoms with Crippen LogP contribution >= 0.6 is 0 Å². The van der Waals surface area contributed by atoms with Crippen LogP contribution in [-0.4, -0.2) is 55.9 Å². The molecule has 0 spiro atoms. The van der Waals surface area contributed by atoms with E-state index in [-0.39, 0.29) is 36.9 Å². The SMILES string of the molecule is CC(=O)c1ccc(N2CCN(CC(=O)N(CCC#N)c3ccccc3F)CC2)cc1. The first-order valence-electron chi connectivity index (χ1n) is 9.99. The normalized spacial score (nSPS) is 14.2. The Kier molecular flexibility index (Phi) is 7.15. The Bertz CT molecular complexity index is 931. The molecule has 0 unspecified atom stereocenters. The summed E-state index contributed by atoms with van der Waals surface area (Å²) >= 11 is 0. The highest BCUT2D eigenvalue weighted by Gasteiger charge is 2.24. The zero-order valence-corrected chi connectivity index (χ0v) is 17.1. The molecule has 1 aliphatic heterocycles. The van der Waals surface area contributed by atoms with Crippen molar-refractivity contribution in [3.63, 3.8) is 0 Å². The lowest BCUT2D eigenvalue weighted by Crippen LogP contribution is -2.50. The van der Waals surface area contributed by atoms with Crippen molar-refractivity contribution in [2.75, 3.05) is 49.1 Å². The molecule has 0 aromatic heterocycles. The van der Waals surface area contributed by atoms with Gasteiger partial charge in [-0.3, -0.25) is 14.5 Å². The van der Waals surface area contributed by atoms with E-state index in [0.29, 0.717) is 18.7 Å². The van der Waals surface area contributed by atoms with Gasteiger partial charge in [-0.15, -0.1) is 0 Å². The maximum Gasteiger partial charge on any atom is 0.241 e. The summed E-state index contributed by atoms with van der Waals surface area (Å²) in [6, 6.07) is 15.7. The first-order chi connectivity index (χ1) is 14.5. The number of hydrogen-bond acceptors (Lipinski definition) is 5. The van der Waals surface area contributed by atoms with Crippen LogP contribution in [0.3, 0.4) is 0 Å². The lowest BCUT2D eigenvalue weighted by atomic mass is 10.1. The lowest BCUT2D eigenvalue weighted by Gasteiger charge is -2.36. The largest absolute Gasteiger partial charge is 0.369 e. The Morgan fingerprint density at radius 2 is 1.73 bits per heavy atom. The molecular weight excluding hydrogens is 383 g/mol. The number of rotatable bonds is 7. The highest BCUT2D eigenvalue weighted by atomic mass is 19.1. The molecule has 1 saturated heterocycles. The fourth-order valence-corrected chi connectivity index (χ4v) is 3.56. The van der Waals surface area contributed by atoms with E-state index in [2.05, 4.69) is 4.90 Å². The number of halogens is 1. The van der Waals surface area contributed by atoms with Gasteiger partial charge in [-0.05, 0) is 43.3 Å². The average Bonchev–Trinajstić information content (AvgIpc) is 2.76. The molecule has 156 valence electrons. The standard InChI is InChI=1S/C23H25FN4O2/c1-18(29)19-7-9-20(10-8-19)27-15-13-26(14-16-27)17-23(30)28(12-4-11-25)22-6-3-2-5-21(22)24/h2-3,5-10H,4,12-17H2,1H3. The molecule has 0 atom stereocenters. The smallest absolute Gasteiger partial charge is 0.241 e. The summed E-state index contributed by atoms with van der Waals surface area (Å²) in [4.78, 5) is 29.9. The molecule has 0 bridgehead atoms. The number of carbonyl (C=O) groups excluding carboxylic acids is 2. The van der Waals surface area contributed by atoms with Gasteiger partial charge in [0.2, 0.25) is 5.91 Å². The molecule has 6 nitrogen and oxygen atoms in total. The van der Waals surface area contributed by atoms with E-state index in [1.165, 1.54) is 11.0 Å². The molecule has 0 aliphatic carbocycles. The van der Waals surface area contributed by atoms with Gasteiger partial charge in [-0.1, -0.05) is 12.1 Å². The topological polar surface area (TPSA) is 67.7 Å². The Balaban J connectivity index is 1.60. The number of carbonyl (C=O) groups is 2. The van der Waals surface area contributed by atoms with Gasteiger partial charge in [0.25, 0.3) is 0 Å². The van der Waals surface area contributed by atoms with E-state index >= 15 is 0 Å². The highest BCUT2D eigenvalue weighted by Crippen LogP contribution is 2.21. The van der Waals surface area contributed by atoms with Crippen LogP contribution in [-0.2, 0) is 4.79 Å². The predicted molar refractivity (Wildman–Crippen MR) is 114 cm³/mol. The number of amides is 1. The number of para-hydroxylation sites is 1. The van der Waals surface area contributed by atoms with Gasteiger partial charge in [0.1, 0.15) is 5.82 Å². The molecule has 1 fully saturated rings. The Labute approximate surface area is 176 Å². The van der Waals surface area contributed by atoms with E-state index in [4.69, 9.17) is 5.26 Å². The average molecular weight is 408 g/mol. The second-order valence-corrected chi connectivity index (χ2v) is 7.27. The van der Waals surface area contributed by atoms with Gasteiger partial charge in [-0.2, -0.15) is 5.26 Å². The first-order valence-corrected chi connectivity index (χ1v) is 9.99. The number of hydrogen-bond donors (Lipinski definition) is 0. The van der Waals surface area contributed by atoms with Crippen molar-refractivity contribution in [1.82, 2.24) is 4.90 Å². The summed E-state index contributed by atoms with van der Waals surface area (Å²) in [7, 11) is 0. The summed E-state index contributed by atoms with van der Waals surface area (Å²) in [6.45, 7) is 4.80. The summed E-state index contributed by atoms with van der Waals surface area (Å²) in [5.74, 6) is -0.641. The van der Waals surface area contributed by atoms with Crippen molar-refractivity contribution < 1.29 is 14.0 Å². The van der Waals surface area contributed by atoms with Crippen LogP contribution in [0.15, 0.2) is 48.5 Å². The molecule has 3 rings (SSSR count). The minimum atomic E-state index is -0.470. The number of nitrogens with zero attached hydrogens (tertiary/aromatic N) is 4. The first kappa shape index (κ1) is 21.5. The molecule has 2 aromatic rings. The lowest BCUT2D eigenvalue weighted by molar-refractivity contribution is -0.119. The number of piperazine rings is 1. The minimum absolute atomic E-state index is 0.0423. The van der Waals surface area contributed by atoms with Gasteiger partial charge >= 0.3 is 0 Å². The molecule has 1 amide bonds. The predicted octanol–water partition coefficient (Wildman–Crippen LogP) is 3.10. The van der Waals surface area contributed by atoms with Crippen molar-refractivity contribution in [2.24, 2.45) is 0 Å². The Hall–Kier alpha value is -3.24. The highest BCUT2D eigenvalue weighted by molar-refractivity contribution is 5.95. The van der Waals surface area contributed by atoms with Crippen LogP contribution in [0.5, 0.6) is 0 Å². The Morgan fingerprint density at radius 3 is 2.33 bits per heavy atom. The third-order valence-corrected chi connectivity index (χ3v) is 5.26. The van der Waals surface area contributed by atoms with Gasteiger partial charge < -0.3 is 9.80 Å². The van der Waals surface area contributed by atoms with Crippen molar-refractivity contribution >= 4 is 23.1 Å². The van der Waals surface area contributed by atoms with Crippen LogP contribution in [0.2, 0.25) is 0 Å². The number of anilines is 2. The van der Waals surface area contributed by atoms with Gasteiger partial charge in [-0.25, -0.2) is 4.39 Å². The summed E-state index contributed by atoms with van der Waals surface area (Å²) in [6.07, 6.45) is 0.143. The molecule has 0 N–H and O–H groups in total. The van der Waals surface area contributed by atoms with Crippen LogP contribution in [0.4, 0.5) is 15.8 Å². The number of ketones is 1. The van der Waals surface area contributed by atoms with E-state index in [1.807, 2.05) is 35.2 Å². The van der Waals surface area contributed by atoms with E-state index in [1.54, 1.807) is 25.1 Å². The van der Waals surface area contributed by atoms with Crippen molar-refractivity contribution in [3.8, 4) is 6.07 Å². The van der Waals surface area contributed by atoms with Crippen LogP contribution < -0.4 is 9.80 Å². The molecular formula is C23H25FN4O2. The van der Waals surface area contributed by atoms with Gasteiger partial charge in [0.15, 0.2) is 5.78 Å². The molecule has 0 radical (unpaired) electrons. The zero-order valence-electron chi connectivity index (χ0n) is 17.1. The second-order valence-electron chi connectivity index (χ2n) is 7.27. The quantitative estimate of drug-likeness (QED) is 0.659. The van der Waals surface area contributed by atoms with E-state index in [9.17, 15) is 14.0 Å². The van der Waals surface area contributed by atoms with Gasteiger partial charge in [0.05, 0.1) is 24.7 Å². The van der Waals surface area contributed by atoms with Crippen molar-refractivity contribution in [1.29, 1.82) is 5.26 Å². The molecule has 7 heteroatoms. The number of nitriles is 1. The van der Waals surface area contributed by atoms with Gasteiger partial charge in [0, 0.05) is 44.0 Å². The van der Waals surface area contributed by atoms with E-state index < -0.39 is 5.82 Å². The van der Waals surface area contributed by atoms with Crippen LogP contribution in [0.25, 0.3) is 0 Å². The van der Waals surface area contributed by atoms with Crippen LogP contribution in [0, 0.1) is 17.1 Å². The fourth-order valence-electron chi connectivity index (χ4n) is 3.56. The summed E-state index contributed by atoms with van der Waals surface area (Å²) in [5, 5.41) is 8.90. The summed E-state index contributed by atoms with van der Waals surface area (Å²) < 4.78 is 14.2. The monoisotopic (exact) mass is 408 g/mol. The Morgan fingerprint density at radius 1 is 1.07 bits per heavy atom. The third kappa shape index (κ3) is 5.22. The maximum atomic E-state index is 14.2. The molecule has 2 aromatic carbocycles. The van der Waals surface area contributed by atoms with E-state index in [0.717, 1.165) is 18.8 Å². The summed E-state index contributed by atoms with van der Waals surface area (Å²) in [5.41, 5.74) is 1.95. The number of benzene rings is 2. The molecule has 30 heavy (non-hydrogen) atoms. The van der Waals surface area contributed by atoms with Crippen molar-refractivity contribution in [3.05, 3.63) is 59.9 Å². The van der Waals surface area contributed by atoms with Crippen LogP contribution in [0.1, 0.15) is 23.7 Å². The minimum Gasteiger partial charge on any atom is -0.369 e. The molecule has 0 saturated carbocycles. The second kappa shape index (κ2) is 9.99.